The van der Waals surface area contributed by atoms with Gasteiger partial charge in [-0.15, -0.1) is 0 Å². The molecule has 0 saturated carbocycles. The van der Waals surface area contributed by atoms with Gasteiger partial charge in [0.1, 0.15) is 0 Å². The van der Waals surface area contributed by atoms with Crippen molar-refractivity contribution in [3.8, 4) is 5.75 Å². The lowest BCUT2D eigenvalue weighted by Gasteiger charge is -2.08. The number of rotatable bonds is 0. The fourth-order valence-electron chi connectivity index (χ4n) is 0.957. The Balaban J connectivity index is 3.59. The Kier molecular flexibility index (Phi) is 1.72. The molecule has 1 rings (SSSR count). The van der Waals surface area contributed by atoms with Gasteiger partial charge in [0.15, 0.2) is 5.75 Å². The lowest BCUT2D eigenvalue weighted by molar-refractivity contribution is 0.456. The molecule has 0 aromatic carbocycles. The summed E-state index contributed by atoms with van der Waals surface area (Å²) >= 11 is 0. The molecule has 3 nitrogen and oxygen atoms in total. The summed E-state index contributed by atoms with van der Waals surface area (Å²) in [7, 11) is 1.81. The van der Waals surface area contributed by atoms with Crippen LogP contribution in [-0.2, 0) is 7.05 Å². The van der Waals surface area contributed by atoms with E-state index in [9.17, 15) is 9.90 Å². The molecule has 1 N–H and O–H groups in total. The van der Waals surface area contributed by atoms with Crippen molar-refractivity contribution in [2.75, 3.05) is 0 Å². The maximum atomic E-state index is 10.9. The van der Waals surface area contributed by atoms with Gasteiger partial charge in [0.2, 0.25) is 5.43 Å². The molecule has 0 aliphatic heterocycles. The molecule has 11 heavy (non-hydrogen) atoms. The zero-order valence-electron chi connectivity index (χ0n) is 6.88. The van der Waals surface area contributed by atoms with Gasteiger partial charge in [0.05, 0.1) is 5.69 Å². The van der Waals surface area contributed by atoms with Crippen molar-refractivity contribution in [2.24, 2.45) is 7.05 Å². The van der Waals surface area contributed by atoms with Crippen LogP contribution in [0.15, 0.2) is 10.9 Å². The quantitative estimate of drug-likeness (QED) is 0.596. The van der Waals surface area contributed by atoms with Crippen molar-refractivity contribution >= 4 is 0 Å². The molecule has 0 bridgehead atoms. The monoisotopic (exact) mass is 153 g/mol. The first kappa shape index (κ1) is 7.85. The lowest BCUT2D eigenvalue weighted by atomic mass is 10.3. The zero-order chi connectivity index (χ0) is 8.59. The molecule has 3 heteroatoms. The van der Waals surface area contributed by atoms with Gasteiger partial charge in [-0.05, 0) is 13.8 Å². The fourth-order valence-corrected chi connectivity index (χ4v) is 0.957. The molecule has 0 aliphatic carbocycles. The Bertz CT molecular complexity index is 339. The van der Waals surface area contributed by atoms with Crippen molar-refractivity contribution in [3.63, 3.8) is 0 Å². The van der Waals surface area contributed by atoms with Crippen LogP contribution in [0, 0.1) is 13.8 Å². The highest BCUT2D eigenvalue weighted by Crippen LogP contribution is 2.09. The molecule has 1 aromatic rings. The largest absolute Gasteiger partial charge is 0.503 e. The highest BCUT2D eigenvalue weighted by atomic mass is 16.3. The summed E-state index contributed by atoms with van der Waals surface area (Å²) in [6.07, 6.45) is 0. The van der Waals surface area contributed by atoms with E-state index in [-0.39, 0.29) is 11.2 Å². The summed E-state index contributed by atoms with van der Waals surface area (Å²) in [6, 6.07) is 1.42. The highest BCUT2D eigenvalue weighted by molar-refractivity contribution is 5.27. The molecule has 0 unspecified atom stereocenters. The second-order valence-corrected chi connectivity index (χ2v) is 2.64. The summed E-state index contributed by atoms with van der Waals surface area (Å²) in [5, 5.41) is 9.18. The average molecular weight is 153 g/mol. The Morgan fingerprint density at radius 2 is 2.00 bits per heavy atom. The van der Waals surface area contributed by atoms with Gasteiger partial charge >= 0.3 is 0 Å². The third-order valence-electron chi connectivity index (χ3n) is 1.95. The molecule has 1 aromatic heterocycles. The molecule has 1 heterocycles. The van der Waals surface area contributed by atoms with Gasteiger partial charge in [0, 0.05) is 18.8 Å². The van der Waals surface area contributed by atoms with Crippen molar-refractivity contribution in [1.82, 2.24) is 4.57 Å². The Morgan fingerprint density at radius 3 is 2.55 bits per heavy atom. The van der Waals surface area contributed by atoms with Crippen LogP contribution in [0.2, 0.25) is 0 Å². The van der Waals surface area contributed by atoms with Gasteiger partial charge in [-0.2, -0.15) is 0 Å². The van der Waals surface area contributed by atoms with E-state index in [1.54, 1.807) is 11.5 Å². The summed E-state index contributed by atoms with van der Waals surface area (Å²) in [6.45, 7) is 3.54. The predicted octanol–water partition coefficient (Wildman–Crippen LogP) is 0.708. The molecule has 0 radical (unpaired) electrons. The van der Waals surface area contributed by atoms with Gasteiger partial charge in [-0.25, -0.2) is 0 Å². The Labute approximate surface area is 64.9 Å². The van der Waals surface area contributed by atoms with Crippen LogP contribution in [0.3, 0.4) is 0 Å². The number of hydrogen-bond donors (Lipinski definition) is 1. The van der Waals surface area contributed by atoms with E-state index in [4.69, 9.17) is 0 Å². The van der Waals surface area contributed by atoms with Crippen LogP contribution in [0.25, 0.3) is 0 Å². The van der Waals surface area contributed by atoms with Crippen molar-refractivity contribution in [3.05, 3.63) is 27.7 Å². The van der Waals surface area contributed by atoms with E-state index in [0.717, 1.165) is 5.69 Å². The zero-order valence-corrected chi connectivity index (χ0v) is 6.88. The van der Waals surface area contributed by atoms with Crippen LogP contribution in [-0.4, -0.2) is 9.67 Å². The maximum absolute atomic E-state index is 10.9. The molecular weight excluding hydrogens is 142 g/mol. The van der Waals surface area contributed by atoms with Crippen molar-refractivity contribution in [2.45, 2.75) is 13.8 Å². The lowest BCUT2D eigenvalue weighted by Crippen LogP contribution is -2.10. The first-order valence-corrected chi connectivity index (χ1v) is 3.40. The minimum Gasteiger partial charge on any atom is -0.503 e. The Morgan fingerprint density at radius 1 is 1.45 bits per heavy atom. The summed E-state index contributed by atoms with van der Waals surface area (Å²) < 4.78 is 1.77. The van der Waals surface area contributed by atoms with Crippen molar-refractivity contribution in [1.29, 1.82) is 0 Å². The minimum atomic E-state index is -0.307. The number of aromatic nitrogens is 1. The topological polar surface area (TPSA) is 42.2 Å². The average Bonchev–Trinajstić information content (AvgIpc) is 1.97. The van der Waals surface area contributed by atoms with Gasteiger partial charge < -0.3 is 9.67 Å². The second-order valence-electron chi connectivity index (χ2n) is 2.64. The van der Waals surface area contributed by atoms with Crippen LogP contribution < -0.4 is 5.43 Å². The summed E-state index contributed by atoms with van der Waals surface area (Å²) in [4.78, 5) is 10.9. The number of pyridine rings is 1. The molecule has 60 valence electrons. The number of hydrogen-bond acceptors (Lipinski definition) is 2. The Hall–Kier alpha value is -1.25. The molecule has 0 saturated heterocycles. The maximum Gasteiger partial charge on any atom is 0.223 e. The van der Waals surface area contributed by atoms with Crippen LogP contribution >= 0.6 is 0 Å². The summed E-state index contributed by atoms with van der Waals surface area (Å²) in [5.74, 6) is -0.155. The van der Waals surface area contributed by atoms with E-state index in [1.807, 2.05) is 14.0 Å². The van der Waals surface area contributed by atoms with E-state index in [2.05, 4.69) is 0 Å². The number of aryl methyl sites for hydroxylation is 1. The van der Waals surface area contributed by atoms with Gasteiger partial charge in [-0.3, -0.25) is 4.79 Å². The predicted molar refractivity (Wildman–Crippen MR) is 42.8 cm³/mol. The minimum absolute atomic E-state index is 0.155. The van der Waals surface area contributed by atoms with Gasteiger partial charge in [-0.1, -0.05) is 0 Å². The van der Waals surface area contributed by atoms with E-state index in [0.29, 0.717) is 5.69 Å². The van der Waals surface area contributed by atoms with E-state index < -0.39 is 0 Å². The number of aromatic hydroxyl groups is 1. The van der Waals surface area contributed by atoms with Crippen molar-refractivity contribution < 1.29 is 5.11 Å². The molecule has 0 fully saturated rings. The standard InChI is InChI=1S/C8H11NO2/c1-5-4-7(10)8(11)6(2)9(5)3/h4,11H,1-3H3. The molecule has 0 atom stereocenters. The highest BCUT2D eigenvalue weighted by Gasteiger charge is 2.04. The van der Waals surface area contributed by atoms with Crippen LogP contribution in [0.4, 0.5) is 0 Å². The van der Waals surface area contributed by atoms with Crippen LogP contribution in [0.5, 0.6) is 5.75 Å². The molecule has 0 amide bonds. The molecule has 0 aliphatic rings. The second kappa shape index (κ2) is 2.42. The van der Waals surface area contributed by atoms with E-state index >= 15 is 0 Å². The van der Waals surface area contributed by atoms with Gasteiger partial charge in [0.25, 0.3) is 0 Å². The van der Waals surface area contributed by atoms with Crippen LogP contribution in [0.1, 0.15) is 11.4 Å². The third-order valence-corrected chi connectivity index (χ3v) is 1.95. The normalized spacial score (nSPS) is 10.1. The smallest absolute Gasteiger partial charge is 0.223 e. The SMILES string of the molecule is Cc1cc(=O)c(O)c(C)n1C. The third kappa shape index (κ3) is 1.13. The first-order valence-electron chi connectivity index (χ1n) is 3.40. The summed E-state index contributed by atoms with van der Waals surface area (Å²) in [5.41, 5.74) is 1.15. The fraction of sp³-hybridized carbons (Fsp3) is 0.375. The first-order chi connectivity index (χ1) is 5.04. The van der Waals surface area contributed by atoms with E-state index in [1.165, 1.54) is 6.07 Å². The molecule has 0 spiro atoms. The molecular formula is C8H11NO2. The number of nitrogens with zero attached hydrogens (tertiary/aromatic N) is 1.